The zero-order chi connectivity index (χ0) is 24.0. The maximum absolute atomic E-state index is 12.1. The molecular weight excluding hydrogens is 426 g/mol. The maximum atomic E-state index is 12.1. The van der Waals surface area contributed by atoms with Crippen LogP contribution in [0.25, 0.3) is 11.0 Å². The zero-order valence-corrected chi connectivity index (χ0v) is 19.6. The summed E-state index contributed by atoms with van der Waals surface area (Å²) in [6.45, 7) is 7.99. The lowest BCUT2D eigenvalue weighted by atomic mass is 9.95. The van der Waals surface area contributed by atoms with E-state index in [0.717, 1.165) is 17.4 Å². The Bertz CT molecular complexity index is 1050. The number of carbonyl (C=O) groups is 2. The fourth-order valence-corrected chi connectivity index (χ4v) is 4.24. The van der Waals surface area contributed by atoms with Crippen molar-refractivity contribution in [3.05, 3.63) is 39.2 Å². The van der Waals surface area contributed by atoms with E-state index in [1.54, 1.807) is 13.0 Å². The van der Waals surface area contributed by atoms with Crippen LogP contribution in [0.5, 0.6) is 5.75 Å². The summed E-state index contributed by atoms with van der Waals surface area (Å²) in [6, 6.07) is 3.21. The third-order valence-corrected chi connectivity index (χ3v) is 6.04. The van der Waals surface area contributed by atoms with E-state index in [1.165, 1.54) is 6.07 Å². The Balaban J connectivity index is 1.85. The molecule has 0 amide bonds. The molecule has 1 N–H and O–H groups in total. The van der Waals surface area contributed by atoms with Crippen LogP contribution in [-0.4, -0.2) is 48.2 Å². The van der Waals surface area contributed by atoms with Gasteiger partial charge in [0.25, 0.3) is 0 Å². The van der Waals surface area contributed by atoms with Gasteiger partial charge in [0.15, 0.2) is 0 Å². The largest absolute Gasteiger partial charge is 0.507 e. The molecule has 1 aliphatic rings. The van der Waals surface area contributed by atoms with Gasteiger partial charge in [-0.15, -0.1) is 0 Å². The van der Waals surface area contributed by atoms with Gasteiger partial charge in [0.2, 0.25) is 0 Å². The van der Waals surface area contributed by atoms with Gasteiger partial charge in [-0.1, -0.05) is 6.92 Å². The Morgan fingerprint density at radius 2 is 1.91 bits per heavy atom. The van der Waals surface area contributed by atoms with Crippen molar-refractivity contribution >= 4 is 22.9 Å². The molecule has 8 heteroatoms. The van der Waals surface area contributed by atoms with Crippen LogP contribution in [0.3, 0.4) is 0 Å². The summed E-state index contributed by atoms with van der Waals surface area (Å²) in [5, 5.41) is 11.8. The van der Waals surface area contributed by atoms with Crippen LogP contribution in [0.15, 0.2) is 21.3 Å². The average Bonchev–Trinajstić information content (AvgIpc) is 2.79. The lowest BCUT2D eigenvalue weighted by molar-refractivity contribution is -0.149. The normalized spacial score (nSPS) is 15.0. The summed E-state index contributed by atoms with van der Waals surface area (Å²) >= 11 is 0. The predicted molar refractivity (Wildman–Crippen MR) is 123 cm³/mol. The Morgan fingerprint density at radius 3 is 2.58 bits per heavy atom. The molecule has 1 aromatic carbocycles. The van der Waals surface area contributed by atoms with Gasteiger partial charge in [-0.25, -0.2) is 4.79 Å². The molecule has 180 valence electrons. The summed E-state index contributed by atoms with van der Waals surface area (Å²) in [5.41, 5.74) is 1.78. The van der Waals surface area contributed by atoms with E-state index in [0.29, 0.717) is 68.8 Å². The fraction of sp³-hybridized carbons (Fsp3) is 0.560. The summed E-state index contributed by atoms with van der Waals surface area (Å²) in [5.74, 6) is -0.557. The number of aromatic hydroxyl groups is 1. The van der Waals surface area contributed by atoms with Crippen molar-refractivity contribution in [2.75, 3.05) is 26.3 Å². The van der Waals surface area contributed by atoms with E-state index in [1.807, 2.05) is 13.8 Å². The molecule has 0 saturated carbocycles. The summed E-state index contributed by atoms with van der Waals surface area (Å²) in [6.07, 6.45) is 2.56. The van der Waals surface area contributed by atoms with Gasteiger partial charge < -0.3 is 19.0 Å². The SMILES string of the molecule is CCCOC(=O)CCc1cc2c(C)cc(=O)oc2c(CN2CCC(C(=O)OCC)CC2)c1O. The minimum Gasteiger partial charge on any atom is -0.507 e. The standard InChI is InChI=1S/C25H33NO7/c1-4-12-32-21(27)7-6-18-14-19-16(3)13-22(28)33-24(19)20(23(18)29)15-26-10-8-17(9-11-26)25(30)31-5-2/h13-14,17,29H,4-12,15H2,1-3H3. The first kappa shape index (κ1) is 24.8. The number of carbonyl (C=O) groups excluding carboxylic acids is 2. The Kier molecular flexibility index (Phi) is 8.49. The van der Waals surface area contributed by atoms with Crippen LogP contribution >= 0.6 is 0 Å². The molecule has 2 heterocycles. The lowest BCUT2D eigenvalue weighted by Crippen LogP contribution is -2.36. The minimum atomic E-state index is -0.474. The predicted octanol–water partition coefficient (Wildman–Crippen LogP) is 3.47. The second-order valence-corrected chi connectivity index (χ2v) is 8.51. The maximum Gasteiger partial charge on any atom is 0.336 e. The molecule has 8 nitrogen and oxygen atoms in total. The number of benzene rings is 1. The van der Waals surface area contributed by atoms with Gasteiger partial charge in [-0.05, 0) is 69.8 Å². The van der Waals surface area contributed by atoms with E-state index >= 15 is 0 Å². The van der Waals surface area contributed by atoms with Crippen LogP contribution in [0.1, 0.15) is 56.2 Å². The molecule has 0 unspecified atom stereocenters. The highest BCUT2D eigenvalue weighted by Gasteiger charge is 2.27. The van der Waals surface area contributed by atoms with Crippen molar-refractivity contribution in [1.82, 2.24) is 4.90 Å². The Hall–Kier alpha value is -2.87. The highest BCUT2D eigenvalue weighted by atomic mass is 16.5. The third-order valence-electron chi connectivity index (χ3n) is 6.04. The highest BCUT2D eigenvalue weighted by molar-refractivity contribution is 5.86. The molecular formula is C25H33NO7. The van der Waals surface area contributed by atoms with E-state index in [-0.39, 0.29) is 30.0 Å². The molecule has 3 rings (SSSR count). The quantitative estimate of drug-likeness (QED) is 0.449. The topological polar surface area (TPSA) is 106 Å². The number of phenols is 1. The summed E-state index contributed by atoms with van der Waals surface area (Å²) in [4.78, 5) is 38.2. The third kappa shape index (κ3) is 6.13. The average molecular weight is 460 g/mol. The second-order valence-electron chi connectivity index (χ2n) is 8.51. The molecule has 1 saturated heterocycles. The number of piperidine rings is 1. The van der Waals surface area contributed by atoms with Crippen molar-refractivity contribution in [3.8, 4) is 5.75 Å². The highest BCUT2D eigenvalue weighted by Crippen LogP contribution is 2.35. The molecule has 0 aliphatic carbocycles. The number of nitrogens with zero attached hydrogens (tertiary/aromatic N) is 1. The molecule has 0 atom stereocenters. The van der Waals surface area contributed by atoms with E-state index in [2.05, 4.69) is 4.90 Å². The smallest absolute Gasteiger partial charge is 0.336 e. The number of likely N-dealkylation sites (tertiary alicyclic amines) is 1. The van der Waals surface area contributed by atoms with Gasteiger partial charge >= 0.3 is 17.6 Å². The number of rotatable bonds is 9. The molecule has 1 aromatic heterocycles. The number of ether oxygens (including phenoxy) is 2. The van der Waals surface area contributed by atoms with Gasteiger partial charge in [-0.3, -0.25) is 14.5 Å². The number of esters is 2. The van der Waals surface area contributed by atoms with Gasteiger partial charge in [0.05, 0.1) is 24.7 Å². The molecule has 1 fully saturated rings. The molecule has 0 radical (unpaired) electrons. The minimum absolute atomic E-state index is 0.0343. The molecule has 2 aromatic rings. The van der Waals surface area contributed by atoms with Crippen LogP contribution in [0.2, 0.25) is 0 Å². The fourth-order valence-electron chi connectivity index (χ4n) is 4.24. The van der Waals surface area contributed by atoms with Crippen molar-refractivity contribution in [2.45, 2.75) is 59.4 Å². The number of phenolic OH excluding ortho intramolecular Hbond substituents is 1. The molecule has 0 bridgehead atoms. The van der Waals surface area contributed by atoms with Gasteiger partial charge in [0.1, 0.15) is 11.3 Å². The number of hydrogen-bond acceptors (Lipinski definition) is 8. The molecule has 33 heavy (non-hydrogen) atoms. The Labute approximate surface area is 193 Å². The van der Waals surface area contributed by atoms with Crippen molar-refractivity contribution in [2.24, 2.45) is 5.92 Å². The van der Waals surface area contributed by atoms with Crippen molar-refractivity contribution in [3.63, 3.8) is 0 Å². The zero-order valence-electron chi connectivity index (χ0n) is 19.6. The van der Waals surface area contributed by atoms with E-state index in [9.17, 15) is 19.5 Å². The summed E-state index contributed by atoms with van der Waals surface area (Å²) < 4.78 is 15.8. The van der Waals surface area contributed by atoms with E-state index in [4.69, 9.17) is 13.9 Å². The van der Waals surface area contributed by atoms with Crippen molar-refractivity contribution < 1.29 is 28.6 Å². The molecule has 0 spiro atoms. The first-order valence-corrected chi connectivity index (χ1v) is 11.7. The number of aryl methyl sites for hydroxylation is 2. The number of fused-ring (bicyclic) bond motifs is 1. The van der Waals surface area contributed by atoms with Crippen LogP contribution in [-0.2, 0) is 32.0 Å². The van der Waals surface area contributed by atoms with Crippen LogP contribution < -0.4 is 5.63 Å². The second kappa shape index (κ2) is 11.3. The number of hydrogen-bond donors (Lipinski definition) is 1. The lowest BCUT2D eigenvalue weighted by Gasteiger charge is -2.31. The molecule has 1 aliphatic heterocycles. The van der Waals surface area contributed by atoms with Crippen LogP contribution in [0.4, 0.5) is 0 Å². The first-order valence-electron chi connectivity index (χ1n) is 11.7. The monoisotopic (exact) mass is 459 g/mol. The van der Waals surface area contributed by atoms with Gasteiger partial charge in [0, 0.05) is 24.4 Å². The Morgan fingerprint density at radius 1 is 1.18 bits per heavy atom. The van der Waals surface area contributed by atoms with Crippen molar-refractivity contribution in [1.29, 1.82) is 0 Å². The van der Waals surface area contributed by atoms with E-state index < -0.39 is 5.63 Å². The van der Waals surface area contributed by atoms with Crippen LogP contribution in [0, 0.1) is 12.8 Å². The van der Waals surface area contributed by atoms with Gasteiger partial charge in [-0.2, -0.15) is 0 Å². The first-order chi connectivity index (χ1) is 15.8. The summed E-state index contributed by atoms with van der Waals surface area (Å²) in [7, 11) is 0.